The van der Waals surface area contributed by atoms with Crippen LogP contribution in [0, 0.1) is 5.82 Å². The number of ether oxygens (including phenoxy) is 1. The first-order valence-electron chi connectivity index (χ1n) is 7.37. The number of hydrogen-bond donors (Lipinski definition) is 0. The van der Waals surface area contributed by atoms with Crippen molar-refractivity contribution in [1.82, 2.24) is 19.9 Å². The monoisotopic (exact) mass is 322 g/mol. The summed E-state index contributed by atoms with van der Waals surface area (Å²) in [5.74, 6) is -0.294. The maximum Gasteiger partial charge on any atom is 0.125 e. The average molecular weight is 323 g/mol. The van der Waals surface area contributed by atoms with E-state index in [-0.39, 0.29) is 18.0 Å². The van der Waals surface area contributed by atoms with Crippen LogP contribution in [-0.4, -0.2) is 39.1 Å². The molecule has 2 aromatic rings. The van der Waals surface area contributed by atoms with Crippen LogP contribution >= 0.6 is 11.6 Å². The number of benzene rings is 1. The fourth-order valence-electron chi connectivity index (χ4n) is 3.35. The highest BCUT2D eigenvalue weighted by Gasteiger charge is 2.36. The zero-order valence-corrected chi connectivity index (χ0v) is 12.7. The minimum absolute atomic E-state index is 0.170. The molecule has 1 fully saturated rings. The maximum atomic E-state index is 13.5. The summed E-state index contributed by atoms with van der Waals surface area (Å²) in [5.41, 5.74) is 1.90. The van der Waals surface area contributed by atoms with Crippen LogP contribution in [0.15, 0.2) is 24.4 Å². The van der Waals surface area contributed by atoms with Crippen molar-refractivity contribution in [1.29, 1.82) is 0 Å². The summed E-state index contributed by atoms with van der Waals surface area (Å²) in [6.45, 7) is 2.98. The molecule has 0 N–H and O–H groups in total. The number of halogens is 2. The molecule has 4 rings (SSSR count). The Morgan fingerprint density at radius 2 is 2.27 bits per heavy atom. The topological polar surface area (TPSA) is 43.2 Å². The van der Waals surface area contributed by atoms with Gasteiger partial charge in [-0.05, 0) is 30.2 Å². The third-order valence-corrected chi connectivity index (χ3v) is 4.56. The van der Waals surface area contributed by atoms with E-state index in [1.165, 1.54) is 12.1 Å². The predicted octanol–water partition coefficient (Wildman–Crippen LogP) is 2.42. The van der Waals surface area contributed by atoms with Gasteiger partial charge < -0.3 is 4.74 Å². The van der Waals surface area contributed by atoms with Crippen molar-refractivity contribution in [3.8, 4) is 0 Å². The van der Waals surface area contributed by atoms with Crippen molar-refractivity contribution < 1.29 is 9.13 Å². The summed E-state index contributed by atoms with van der Waals surface area (Å²) < 4.78 is 21.3. The van der Waals surface area contributed by atoms with Gasteiger partial charge in [-0.1, -0.05) is 16.8 Å². The zero-order valence-electron chi connectivity index (χ0n) is 12.0. The van der Waals surface area contributed by atoms with Gasteiger partial charge in [0.05, 0.1) is 30.6 Å². The van der Waals surface area contributed by atoms with Gasteiger partial charge in [0.15, 0.2) is 0 Å². The number of aromatic nitrogens is 3. The van der Waals surface area contributed by atoms with Crippen LogP contribution < -0.4 is 0 Å². The van der Waals surface area contributed by atoms with Crippen LogP contribution in [0.1, 0.15) is 23.7 Å². The Morgan fingerprint density at radius 3 is 3.14 bits per heavy atom. The largest absolute Gasteiger partial charge is 0.370 e. The summed E-state index contributed by atoms with van der Waals surface area (Å²) in [6.07, 6.45) is 2.87. The summed E-state index contributed by atoms with van der Waals surface area (Å²) in [5, 5.41) is 8.60. The molecule has 2 atom stereocenters. The molecule has 0 amide bonds. The molecule has 0 saturated carbocycles. The molecule has 116 valence electrons. The smallest absolute Gasteiger partial charge is 0.125 e. The third-order valence-electron chi connectivity index (χ3n) is 4.34. The van der Waals surface area contributed by atoms with E-state index in [0.717, 1.165) is 30.8 Å². The second-order valence-electron chi connectivity index (χ2n) is 5.89. The van der Waals surface area contributed by atoms with Crippen LogP contribution in [0.2, 0.25) is 5.02 Å². The predicted molar refractivity (Wildman–Crippen MR) is 78.9 cm³/mol. The van der Waals surface area contributed by atoms with Gasteiger partial charge in [-0.25, -0.2) is 9.07 Å². The SMILES string of the molecule is Fc1cc(Cl)cc(CN2CC[C@H]3OCc4cnnn4[C@@H]3C2)c1. The summed E-state index contributed by atoms with van der Waals surface area (Å²) in [7, 11) is 0. The molecule has 0 bridgehead atoms. The molecule has 7 heteroatoms. The van der Waals surface area contributed by atoms with E-state index in [2.05, 4.69) is 15.2 Å². The van der Waals surface area contributed by atoms with Gasteiger partial charge in [-0.2, -0.15) is 0 Å². The van der Waals surface area contributed by atoms with Crippen molar-refractivity contribution in [3.63, 3.8) is 0 Å². The first kappa shape index (κ1) is 14.1. The van der Waals surface area contributed by atoms with Crippen molar-refractivity contribution in [2.45, 2.75) is 31.7 Å². The highest BCUT2D eigenvalue weighted by molar-refractivity contribution is 6.30. The van der Waals surface area contributed by atoms with Gasteiger partial charge in [0.1, 0.15) is 5.82 Å². The van der Waals surface area contributed by atoms with Crippen LogP contribution in [0.25, 0.3) is 0 Å². The van der Waals surface area contributed by atoms with E-state index >= 15 is 0 Å². The lowest BCUT2D eigenvalue weighted by molar-refractivity contribution is -0.0669. The molecule has 2 aliphatic heterocycles. The number of likely N-dealkylation sites (tertiary alicyclic amines) is 1. The molecular formula is C15H16ClFN4O. The average Bonchev–Trinajstić information content (AvgIpc) is 2.95. The van der Waals surface area contributed by atoms with E-state index in [4.69, 9.17) is 16.3 Å². The van der Waals surface area contributed by atoms with Gasteiger partial charge in [0, 0.05) is 24.7 Å². The number of rotatable bonds is 2. The first-order chi connectivity index (χ1) is 10.7. The lowest BCUT2D eigenvalue weighted by Gasteiger charge is -2.41. The number of hydrogen-bond acceptors (Lipinski definition) is 4. The van der Waals surface area contributed by atoms with Gasteiger partial charge in [0.25, 0.3) is 0 Å². The Kier molecular flexibility index (Phi) is 3.60. The Hall–Kier alpha value is -1.50. The lowest BCUT2D eigenvalue weighted by Crippen LogP contribution is -2.47. The number of piperidine rings is 1. The molecule has 1 aromatic carbocycles. The molecule has 0 aliphatic carbocycles. The van der Waals surface area contributed by atoms with Crippen molar-refractivity contribution in [3.05, 3.63) is 46.5 Å². The first-order valence-corrected chi connectivity index (χ1v) is 7.75. The summed E-state index contributed by atoms with van der Waals surface area (Å²) in [4.78, 5) is 2.28. The third kappa shape index (κ3) is 2.62. The Balaban J connectivity index is 1.52. The molecular weight excluding hydrogens is 307 g/mol. The Morgan fingerprint density at radius 1 is 1.36 bits per heavy atom. The minimum atomic E-state index is -0.294. The molecule has 1 aromatic heterocycles. The highest BCUT2D eigenvalue weighted by Crippen LogP contribution is 2.30. The summed E-state index contributed by atoms with van der Waals surface area (Å²) in [6, 6.07) is 4.85. The quantitative estimate of drug-likeness (QED) is 0.851. The minimum Gasteiger partial charge on any atom is -0.370 e. The molecule has 2 aliphatic rings. The molecule has 3 heterocycles. The molecule has 0 radical (unpaired) electrons. The van der Waals surface area contributed by atoms with Crippen LogP contribution in [0.4, 0.5) is 4.39 Å². The molecule has 1 saturated heterocycles. The zero-order chi connectivity index (χ0) is 15.1. The van der Waals surface area contributed by atoms with E-state index in [0.29, 0.717) is 18.2 Å². The van der Waals surface area contributed by atoms with Gasteiger partial charge in [-0.15, -0.1) is 5.10 Å². The fraction of sp³-hybridized carbons (Fsp3) is 0.467. The Bertz CT molecular complexity index is 672. The van der Waals surface area contributed by atoms with Crippen LogP contribution in [-0.2, 0) is 17.9 Å². The van der Waals surface area contributed by atoms with E-state index < -0.39 is 0 Å². The highest BCUT2D eigenvalue weighted by atomic mass is 35.5. The summed E-state index contributed by atoms with van der Waals surface area (Å²) >= 11 is 5.93. The van der Waals surface area contributed by atoms with E-state index in [9.17, 15) is 4.39 Å². The fourth-order valence-corrected chi connectivity index (χ4v) is 3.59. The second-order valence-corrected chi connectivity index (χ2v) is 6.32. The molecule has 5 nitrogen and oxygen atoms in total. The molecule has 0 unspecified atom stereocenters. The molecule has 0 spiro atoms. The van der Waals surface area contributed by atoms with Crippen molar-refractivity contribution >= 4 is 11.6 Å². The number of fused-ring (bicyclic) bond motifs is 3. The van der Waals surface area contributed by atoms with Crippen molar-refractivity contribution in [2.75, 3.05) is 13.1 Å². The number of nitrogens with zero attached hydrogens (tertiary/aromatic N) is 4. The maximum absolute atomic E-state index is 13.5. The lowest BCUT2D eigenvalue weighted by atomic mass is 10.00. The normalized spacial score (nSPS) is 24.8. The van der Waals surface area contributed by atoms with Gasteiger partial charge in [-0.3, -0.25) is 4.90 Å². The van der Waals surface area contributed by atoms with Gasteiger partial charge in [0.2, 0.25) is 0 Å². The Labute approximate surface area is 132 Å². The second kappa shape index (κ2) is 5.61. The van der Waals surface area contributed by atoms with Crippen molar-refractivity contribution in [2.24, 2.45) is 0 Å². The standard InChI is InChI=1S/C15H16ClFN4O/c16-11-3-10(4-12(17)5-11)7-20-2-1-15-14(8-20)21-13(9-22-15)6-18-19-21/h3-6,14-15H,1-2,7-9H2/t14-,15-/m1/s1. The van der Waals surface area contributed by atoms with Crippen LogP contribution in [0.5, 0.6) is 0 Å². The van der Waals surface area contributed by atoms with Gasteiger partial charge >= 0.3 is 0 Å². The van der Waals surface area contributed by atoms with Crippen LogP contribution in [0.3, 0.4) is 0 Å². The van der Waals surface area contributed by atoms with E-state index in [1.54, 1.807) is 6.20 Å². The molecule has 22 heavy (non-hydrogen) atoms. The van der Waals surface area contributed by atoms with E-state index in [1.807, 2.05) is 10.7 Å².